The number of nitrogens with zero attached hydrogens (tertiary/aromatic N) is 1. The summed E-state index contributed by atoms with van der Waals surface area (Å²) in [6.45, 7) is 7.20. The largest absolute Gasteiger partial charge is 0.396 e. The van der Waals surface area contributed by atoms with E-state index < -0.39 is 10.2 Å². The van der Waals surface area contributed by atoms with Crippen LogP contribution in [-0.4, -0.2) is 43.6 Å². The minimum atomic E-state index is -3.41. The standard InChI is InChI=1S/C12H26N2O3S/c1-10(2)12(6-8-15)13-18(16,17)14-7-4-5-11(3)9-14/h10-13,15H,4-9H2,1-3H3. The van der Waals surface area contributed by atoms with E-state index in [-0.39, 0.29) is 18.6 Å². The zero-order chi connectivity index (χ0) is 13.8. The smallest absolute Gasteiger partial charge is 0.279 e. The molecule has 1 aliphatic heterocycles. The maximum atomic E-state index is 12.3. The van der Waals surface area contributed by atoms with Gasteiger partial charge in [-0.3, -0.25) is 0 Å². The first kappa shape index (κ1) is 15.9. The Balaban J connectivity index is 2.67. The van der Waals surface area contributed by atoms with Crippen molar-refractivity contribution in [1.82, 2.24) is 9.03 Å². The van der Waals surface area contributed by atoms with E-state index in [0.29, 0.717) is 25.4 Å². The third-order valence-corrected chi connectivity index (χ3v) is 5.12. The van der Waals surface area contributed by atoms with Crippen LogP contribution in [0.3, 0.4) is 0 Å². The van der Waals surface area contributed by atoms with E-state index >= 15 is 0 Å². The van der Waals surface area contributed by atoms with Gasteiger partial charge in [-0.15, -0.1) is 0 Å². The number of aliphatic hydroxyl groups excluding tert-OH is 1. The lowest BCUT2D eigenvalue weighted by Gasteiger charge is -2.32. The summed E-state index contributed by atoms with van der Waals surface area (Å²) in [5.74, 6) is 0.597. The second kappa shape index (κ2) is 6.84. The number of hydrogen-bond donors (Lipinski definition) is 2. The van der Waals surface area contributed by atoms with Gasteiger partial charge in [0.05, 0.1) is 0 Å². The molecule has 0 aromatic rings. The van der Waals surface area contributed by atoms with Crippen LogP contribution in [-0.2, 0) is 10.2 Å². The number of aliphatic hydroxyl groups is 1. The van der Waals surface area contributed by atoms with Crippen LogP contribution < -0.4 is 4.72 Å². The highest BCUT2D eigenvalue weighted by atomic mass is 32.2. The van der Waals surface area contributed by atoms with Crippen molar-refractivity contribution in [3.05, 3.63) is 0 Å². The average Bonchev–Trinajstić information content (AvgIpc) is 2.28. The highest BCUT2D eigenvalue weighted by molar-refractivity contribution is 7.87. The van der Waals surface area contributed by atoms with Gasteiger partial charge in [0, 0.05) is 25.7 Å². The highest BCUT2D eigenvalue weighted by Crippen LogP contribution is 2.18. The molecule has 0 aliphatic carbocycles. The van der Waals surface area contributed by atoms with Crippen molar-refractivity contribution in [2.45, 2.75) is 46.1 Å². The minimum Gasteiger partial charge on any atom is -0.396 e. The molecular weight excluding hydrogens is 252 g/mol. The Kier molecular flexibility index (Phi) is 6.04. The van der Waals surface area contributed by atoms with Crippen LogP contribution in [0.1, 0.15) is 40.0 Å². The van der Waals surface area contributed by atoms with E-state index in [4.69, 9.17) is 5.11 Å². The third-order valence-electron chi connectivity index (χ3n) is 3.50. The fourth-order valence-electron chi connectivity index (χ4n) is 2.30. The SMILES string of the molecule is CC1CCCN(S(=O)(=O)NC(CCO)C(C)C)C1. The zero-order valence-corrected chi connectivity index (χ0v) is 12.4. The van der Waals surface area contributed by atoms with E-state index in [1.807, 2.05) is 13.8 Å². The first-order chi connectivity index (χ1) is 8.36. The Labute approximate surface area is 111 Å². The summed E-state index contributed by atoms with van der Waals surface area (Å²) in [6.07, 6.45) is 2.48. The molecule has 2 N–H and O–H groups in total. The summed E-state index contributed by atoms with van der Waals surface area (Å²) in [7, 11) is -3.41. The summed E-state index contributed by atoms with van der Waals surface area (Å²) >= 11 is 0. The molecule has 0 aromatic carbocycles. The lowest BCUT2D eigenvalue weighted by molar-refractivity contribution is 0.247. The molecule has 2 unspecified atom stereocenters. The Bertz CT molecular complexity index is 343. The van der Waals surface area contributed by atoms with Gasteiger partial charge in [0.1, 0.15) is 0 Å². The molecular formula is C12H26N2O3S. The van der Waals surface area contributed by atoms with Crippen LogP contribution in [0.2, 0.25) is 0 Å². The third kappa shape index (κ3) is 4.50. The summed E-state index contributed by atoms with van der Waals surface area (Å²) < 4.78 is 28.8. The van der Waals surface area contributed by atoms with Crippen LogP contribution >= 0.6 is 0 Å². The highest BCUT2D eigenvalue weighted by Gasteiger charge is 2.29. The fourth-order valence-corrected chi connectivity index (χ4v) is 4.04. The van der Waals surface area contributed by atoms with Gasteiger partial charge in [0.25, 0.3) is 10.2 Å². The van der Waals surface area contributed by atoms with Crippen molar-refractivity contribution in [2.75, 3.05) is 19.7 Å². The molecule has 5 nitrogen and oxygen atoms in total. The fraction of sp³-hybridized carbons (Fsp3) is 1.00. The van der Waals surface area contributed by atoms with Gasteiger partial charge >= 0.3 is 0 Å². The summed E-state index contributed by atoms with van der Waals surface area (Å²) in [5, 5.41) is 8.99. The first-order valence-electron chi connectivity index (χ1n) is 6.75. The number of piperidine rings is 1. The summed E-state index contributed by atoms with van der Waals surface area (Å²) in [4.78, 5) is 0. The molecule has 108 valence electrons. The van der Waals surface area contributed by atoms with E-state index in [9.17, 15) is 8.42 Å². The van der Waals surface area contributed by atoms with E-state index in [1.165, 1.54) is 4.31 Å². The van der Waals surface area contributed by atoms with Crippen molar-refractivity contribution in [2.24, 2.45) is 11.8 Å². The van der Waals surface area contributed by atoms with Crippen molar-refractivity contribution >= 4 is 10.2 Å². The Morgan fingerprint density at radius 3 is 2.61 bits per heavy atom. The molecule has 0 radical (unpaired) electrons. The Morgan fingerprint density at radius 2 is 2.11 bits per heavy atom. The van der Waals surface area contributed by atoms with Gasteiger partial charge in [0.2, 0.25) is 0 Å². The molecule has 0 saturated carbocycles. The number of rotatable bonds is 6. The van der Waals surface area contributed by atoms with Crippen LogP contribution in [0.4, 0.5) is 0 Å². The van der Waals surface area contributed by atoms with E-state index in [1.54, 1.807) is 0 Å². The molecule has 18 heavy (non-hydrogen) atoms. The first-order valence-corrected chi connectivity index (χ1v) is 8.19. The molecule has 1 fully saturated rings. The quantitative estimate of drug-likeness (QED) is 0.760. The molecule has 0 amide bonds. The lowest BCUT2D eigenvalue weighted by atomic mass is 10.0. The van der Waals surface area contributed by atoms with Gasteiger partial charge < -0.3 is 5.11 Å². The maximum Gasteiger partial charge on any atom is 0.279 e. The summed E-state index contributed by atoms with van der Waals surface area (Å²) in [5.41, 5.74) is 0. The molecule has 1 rings (SSSR count). The van der Waals surface area contributed by atoms with Gasteiger partial charge in [-0.1, -0.05) is 20.8 Å². The molecule has 6 heteroatoms. The van der Waals surface area contributed by atoms with Crippen LogP contribution in [0.15, 0.2) is 0 Å². The van der Waals surface area contributed by atoms with Gasteiger partial charge in [0.15, 0.2) is 0 Å². The molecule has 1 aliphatic rings. The van der Waals surface area contributed by atoms with Gasteiger partial charge in [-0.2, -0.15) is 17.4 Å². The molecule has 0 spiro atoms. The van der Waals surface area contributed by atoms with E-state index in [0.717, 1.165) is 12.8 Å². The lowest BCUT2D eigenvalue weighted by Crippen LogP contribution is -2.50. The van der Waals surface area contributed by atoms with Gasteiger partial charge in [-0.05, 0) is 31.1 Å². The van der Waals surface area contributed by atoms with Crippen LogP contribution in [0.25, 0.3) is 0 Å². The monoisotopic (exact) mass is 278 g/mol. The van der Waals surface area contributed by atoms with Crippen molar-refractivity contribution in [3.8, 4) is 0 Å². The zero-order valence-electron chi connectivity index (χ0n) is 11.6. The van der Waals surface area contributed by atoms with E-state index in [2.05, 4.69) is 11.6 Å². The predicted molar refractivity (Wildman–Crippen MR) is 72.4 cm³/mol. The van der Waals surface area contributed by atoms with Crippen molar-refractivity contribution in [1.29, 1.82) is 0 Å². The number of nitrogens with one attached hydrogen (secondary N) is 1. The second-order valence-electron chi connectivity index (χ2n) is 5.59. The van der Waals surface area contributed by atoms with Crippen molar-refractivity contribution in [3.63, 3.8) is 0 Å². The topological polar surface area (TPSA) is 69.6 Å². The normalized spacial score (nSPS) is 24.4. The maximum absolute atomic E-state index is 12.3. The molecule has 1 heterocycles. The molecule has 0 aromatic heterocycles. The van der Waals surface area contributed by atoms with Gasteiger partial charge in [-0.25, -0.2) is 0 Å². The Hall–Kier alpha value is -0.170. The second-order valence-corrected chi connectivity index (χ2v) is 7.29. The molecule has 0 bridgehead atoms. The predicted octanol–water partition coefficient (Wildman–Crippen LogP) is 0.960. The summed E-state index contributed by atoms with van der Waals surface area (Å²) in [6, 6.07) is -0.197. The number of hydrogen-bond acceptors (Lipinski definition) is 3. The van der Waals surface area contributed by atoms with Crippen LogP contribution in [0.5, 0.6) is 0 Å². The Morgan fingerprint density at radius 1 is 1.44 bits per heavy atom. The minimum absolute atomic E-state index is 0.00176. The van der Waals surface area contributed by atoms with Crippen LogP contribution in [0, 0.1) is 11.8 Å². The average molecular weight is 278 g/mol. The molecule has 1 saturated heterocycles. The van der Waals surface area contributed by atoms with Crippen molar-refractivity contribution < 1.29 is 13.5 Å². The molecule has 2 atom stereocenters.